The third-order valence-corrected chi connectivity index (χ3v) is 4.98. The summed E-state index contributed by atoms with van der Waals surface area (Å²) in [5, 5.41) is 3.09. The fourth-order valence-electron chi connectivity index (χ4n) is 3.37. The minimum Gasteiger partial charge on any atom is -0.489 e. The largest absolute Gasteiger partial charge is 0.489 e. The maximum Gasteiger partial charge on any atom is 0.251 e. The third kappa shape index (κ3) is 5.78. The molecule has 0 bridgehead atoms. The number of rotatable bonds is 8. The van der Waals surface area contributed by atoms with Crippen molar-refractivity contribution in [2.75, 3.05) is 32.8 Å². The van der Waals surface area contributed by atoms with Gasteiger partial charge in [0.25, 0.3) is 5.91 Å². The number of ether oxygens (including phenoxy) is 2. The zero-order valence-corrected chi connectivity index (χ0v) is 16.6. The number of nitrogens with one attached hydrogen (secondary N) is 1. The van der Waals surface area contributed by atoms with Gasteiger partial charge in [-0.05, 0) is 30.2 Å². The molecule has 150 valence electrons. The summed E-state index contributed by atoms with van der Waals surface area (Å²) in [5.41, 5.74) is 1.59. The van der Waals surface area contributed by atoms with E-state index in [9.17, 15) is 4.79 Å². The summed E-state index contributed by atoms with van der Waals surface area (Å²) in [7, 11) is 0. The summed E-state index contributed by atoms with van der Waals surface area (Å²) in [4.78, 5) is 19.1. The van der Waals surface area contributed by atoms with Crippen LogP contribution >= 0.6 is 0 Å². The molecule has 6 heteroatoms. The molecule has 6 nitrogen and oxygen atoms in total. The molecule has 1 saturated heterocycles. The Bertz CT molecular complexity index is 746. The van der Waals surface area contributed by atoms with Crippen molar-refractivity contribution >= 4 is 5.91 Å². The number of aromatic nitrogens is 1. The molecule has 1 aliphatic rings. The lowest BCUT2D eigenvalue weighted by Gasteiger charge is -2.36. The summed E-state index contributed by atoms with van der Waals surface area (Å²) in [6.45, 7) is 8.77. The predicted molar refractivity (Wildman–Crippen MR) is 108 cm³/mol. The Balaban J connectivity index is 1.56. The number of benzene rings is 1. The molecule has 28 heavy (non-hydrogen) atoms. The van der Waals surface area contributed by atoms with Crippen molar-refractivity contribution in [3.05, 3.63) is 59.9 Å². The van der Waals surface area contributed by atoms with Crippen LogP contribution in [0.3, 0.4) is 0 Å². The quantitative estimate of drug-likeness (QED) is 0.759. The third-order valence-electron chi connectivity index (χ3n) is 4.98. The topological polar surface area (TPSA) is 63.7 Å². The fourth-order valence-corrected chi connectivity index (χ4v) is 3.37. The van der Waals surface area contributed by atoms with Crippen LogP contribution < -0.4 is 10.1 Å². The van der Waals surface area contributed by atoms with E-state index >= 15 is 0 Å². The number of morpholine rings is 1. The molecule has 0 radical (unpaired) electrons. The Kier molecular flexibility index (Phi) is 7.39. The molecule has 2 aromatic rings. The molecule has 1 unspecified atom stereocenters. The SMILES string of the molecule is CC(C)C(CNC(=O)c1cccc(OCc2cccnc2)c1)N1CCOCC1. The number of carbonyl (C=O) groups is 1. The van der Waals surface area contributed by atoms with E-state index in [1.165, 1.54) is 0 Å². The average molecular weight is 383 g/mol. The van der Waals surface area contributed by atoms with Crippen LogP contribution in [0.15, 0.2) is 48.8 Å². The lowest BCUT2D eigenvalue weighted by Crippen LogP contribution is -2.51. The maximum absolute atomic E-state index is 12.7. The van der Waals surface area contributed by atoms with E-state index in [-0.39, 0.29) is 5.91 Å². The van der Waals surface area contributed by atoms with Gasteiger partial charge in [-0.3, -0.25) is 14.7 Å². The van der Waals surface area contributed by atoms with Gasteiger partial charge < -0.3 is 14.8 Å². The van der Waals surface area contributed by atoms with Gasteiger partial charge in [0, 0.05) is 49.2 Å². The Morgan fingerprint density at radius 1 is 1.25 bits per heavy atom. The van der Waals surface area contributed by atoms with E-state index in [0.29, 0.717) is 36.4 Å². The lowest BCUT2D eigenvalue weighted by molar-refractivity contribution is 0.00672. The second-order valence-corrected chi connectivity index (χ2v) is 7.35. The average Bonchev–Trinajstić information content (AvgIpc) is 2.74. The number of carbonyl (C=O) groups excluding carboxylic acids is 1. The van der Waals surface area contributed by atoms with Gasteiger partial charge in [0.1, 0.15) is 12.4 Å². The molecular formula is C22H29N3O3. The van der Waals surface area contributed by atoms with Crippen LogP contribution in [-0.2, 0) is 11.3 Å². The van der Waals surface area contributed by atoms with E-state index in [0.717, 1.165) is 31.9 Å². The Hall–Kier alpha value is -2.44. The first kappa shape index (κ1) is 20.3. The number of hydrogen-bond donors (Lipinski definition) is 1. The molecule has 1 fully saturated rings. The van der Waals surface area contributed by atoms with Crippen LogP contribution in [0.2, 0.25) is 0 Å². The van der Waals surface area contributed by atoms with E-state index in [4.69, 9.17) is 9.47 Å². The first-order valence-corrected chi connectivity index (χ1v) is 9.85. The molecule has 1 amide bonds. The second kappa shape index (κ2) is 10.2. The number of amides is 1. The summed E-state index contributed by atoms with van der Waals surface area (Å²) in [6.07, 6.45) is 3.50. The van der Waals surface area contributed by atoms with E-state index in [1.54, 1.807) is 18.5 Å². The van der Waals surface area contributed by atoms with Crippen molar-refractivity contribution in [1.29, 1.82) is 0 Å². The highest BCUT2D eigenvalue weighted by Gasteiger charge is 2.24. The first-order chi connectivity index (χ1) is 13.6. The van der Waals surface area contributed by atoms with Gasteiger partial charge in [-0.1, -0.05) is 26.0 Å². The summed E-state index contributed by atoms with van der Waals surface area (Å²) < 4.78 is 11.2. The van der Waals surface area contributed by atoms with Crippen molar-refractivity contribution in [3.63, 3.8) is 0 Å². The van der Waals surface area contributed by atoms with Crippen LogP contribution in [0.25, 0.3) is 0 Å². The molecule has 1 aromatic heterocycles. The lowest BCUT2D eigenvalue weighted by atomic mass is 10.0. The van der Waals surface area contributed by atoms with Crippen LogP contribution in [-0.4, -0.2) is 54.7 Å². The number of nitrogens with zero attached hydrogens (tertiary/aromatic N) is 2. The molecule has 3 rings (SSSR count). The van der Waals surface area contributed by atoms with Crippen LogP contribution in [0.5, 0.6) is 5.75 Å². The molecular weight excluding hydrogens is 354 g/mol. The highest BCUT2D eigenvalue weighted by Crippen LogP contribution is 2.16. The van der Waals surface area contributed by atoms with Gasteiger partial charge in [-0.15, -0.1) is 0 Å². The highest BCUT2D eigenvalue weighted by atomic mass is 16.5. The Morgan fingerprint density at radius 3 is 2.79 bits per heavy atom. The fraction of sp³-hybridized carbons (Fsp3) is 0.455. The molecule has 2 heterocycles. The first-order valence-electron chi connectivity index (χ1n) is 9.85. The number of pyridine rings is 1. The van der Waals surface area contributed by atoms with Gasteiger partial charge in [-0.25, -0.2) is 0 Å². The summed E-state index contributed by atoms with van der Waals surface area (Å²) in [5.74, 6) is 1.04. The molecule has 1 aromatic carbocycles. The molecule has 1 N–H and O–H groups in total. The van der Waals surface area contributed by atoms with E-state index < -0.39 is 0 Å². The zero-order valence-electron chi connectivity index (χ0n) is 16.6. The van der Waals surface area contributed by atoms with Gasteiger partial charge in [-0.2, -0.15) is 0 Å². The standard InChI is InChI=1S/C22H29N3O3/c1-17(2)21(25-9-11-27-12-10-25)15-24-22(26)19-6-3-7-20(13-19)28-16-18-5-4-8-23-14-18/h3-8,13-14,17,21H,9-12,15-16H2,1-2H3,(H,24,26). The van der Waals surface area contributed by atoms with Crippen molar-refractivity contribution < 1.29 is 14.3 Å². The number of hydrogen-bond acceptors (Lipinski definition) is 5. The maximum atomic E-state index is 12.7. The van der Waals surface area contributed by atoms with Gasteiger partial charge in [0.2, 0.25) is 0 Å². The van der Waals surface area contributed by atoms with Crippen LogP contribution in [0.4, 0.5) is 0 Å². The summed E-state index contributed by atoms with van der Waals surface area (Å²) >= 11 is 0. The van der Waals surface area contributed by atoms with Gasteiger partial charge in [0.15, 0.2) is 0 Å². The summed E-state index contributed by atoms with van der Waals surface area (Å²) in [6, 6.07) is 11.4. The smallest absolute Gasteiger partial charge is 0.251 e. The highest BCUT2D eigenvalue weighted by molar-refractivity contribution is 5.94. The molecule has 0 spiro atoms. The minimum atomic E-state index is -0.0780. The van der Waals surface area contributed by atoms with Crippen molar-refractivity contribution in [2.45, 2.75) is 26.5 Å². The van der Waals surface area contributed by atoms with Crippen molar-refractivity contribution in [2.24, 2.45) is 5.92 Å². The predicted octanol–water partition coefficient (Wildman–Crippen LogP) is 2.75. The monoisotopic (exact) mass is 383 g/mol. The Labute approximate surface area is 166 Å². The Morgan fingerprint density at radius 2 is 2.07 bits per heavy atom. The molecule has 1 atom stereocenters. The zero-order chi connectivity index (χ0) is 19.8. The van der Waals surface area contributed by atoms with E-state index in [2.05, 4.69) is 29.0 Å². The van der Waals surface area contributed by atoms with Crippen molar-refractivity contribution in [1.82, 2.24) is 15.2 Å². The van der Waals surface area contributed by atoms with Gasteiger partial charge in [0.05, 0.1) is 13.2 Å². The molecule has 0 saturated carbocycles. The second-order valence-electron chi connectivity index (χ2n) is 7.35. The van der Waals surface area contributed by atoms with Crippen molar-refractivity contribution in [3.8, 4) is 5.75 Å². The van der Waals surface area contributed by atoms with Crippen LogP contribution in [0.1, 0.15) is 29.8 Å². The molecule has 0 aliphatic carbocycles. The van der Waals surface area contributed by atoms with Crippen LogP contribution in [0, 0.1) is 5.92 Å². The molecule has 1 aliphatic heterocycles. The van der Waals surface area contributed by atoms with E-state index in [1.807, 2.05) is 30.3 Å². The normalized spacial score (nSPS) is 16.0. The minimum absolute atomic E-state index is 0.0780. The van der Waals surface area contributed by atoms with Gasteiger partial charge >= 0.3 is 0 Å².